The van der Waals surface area contributed by atoms with Crippen molar-refractivity contribution >= 4 is 11.9 Å². The van der Waals surface area contributed by atoms with Gasteiger partial charge in [0.15, 0.2) is 23.0 Å². The Morgan fingerprint density at radius 3 is 2.18 bits per heavy atom. The Labute approximate surface area is 174 Å². The van der Waals surface area contributed by atoms with Gasteiger partial charge < -0.3 is 26.8 Å². The number of benzene rings is 2. The van der Waals surface area contributed by atoms with E-state index in [2.05, 4.69) is 13.8 Å². The molecule has 28 heavy (non-hydrogen) atoms. The van der Waals surface area contributed by atoms with Crippen molar-refractivity contribution in [3.8, 4) is 11.5 Å². The molecule has 0 amide bonds. The van der Waals surface area contributed by atoms with Gasteiger partial charge in [0, 0.05) is 13.3 Å². The molecule has 2 aromatic carbocycles. The number of halogens is 1. The number of hydrogen-bond acceptors (Lipinski definition) is 3. The van der Waals surface area contributed by atoms with Crippen molar-refractivity contribution in [2.24, 2.45) is 0 Å². The van der Waals surface area contributed by atoms with Crippen LogP contribution in [0.1, 0.15) is 32.8 Å². The molecule has 2 aromatic rings. The average molecular weight is 404 g/mol. The first kappa shape index (κ1) is 23.7. The summed E-state index contributed by atoms with van der Waals surface area (Å²) in [5, 5.41) is 0. The fraction of sp³-hybridized carbons (Fsp3) is 0.348. The minimum absolute atomic E-state index is 0. The van der Waals surface area contributed by atoms with Crippen LogP contribution in [0.2, 0.25) is 0 Å². The molecule has 2 rings (SSSR count). The van der Waals surface area contributed by atoms with Gasteiger partial charge in [-0.2, -0.15) is 0 Å². The molecule has 0 aromatic heterocycles. The Balaban J connectivity index is 0.00000392. The van der Waals surface area contributed by atoms with Crippen LogP contribution >= 0.6 is 0 Å². The highest BCUT2D eigenvalue weighted by Gasteiger charge is 2.12. The third-order valence-electron chi connectivity index (χ3n) is 4.45. The summed E-state index contributed by atoms with van der Waals surface area (Å²) in [5.41, 5.74) is 0.920. The largest absolute Gasteiger partial charge is 1.00 e. The first-order valence-electron chi connectivity index (χ1n) is 9.65. The zero-order valence-corrected chi connectivity index (χ0v) is 17.7. The molecule has 0 bridgehead atoms. The predicted molar refractivity (Wildman–Crippen MR) is 109 cm³/mol. The summed E-state index contributed by atoms with van der Waals surface area (Å²) >= 11 is 0. The number of Topliss-reactive ketones (excluding diaryl/α,β-unsaturated/α-hetero) is 1. The van der Waals surface area contributed by atoms with Crippen molar-refractivity contribution < 1.29 is 31.6 Å². The van der Waals surface area contributed by atoms with E-state index >= 15 is 0 Å². The highest BCUT2D eigenvalue weighted by atomic mass is 35.5. The summed E-state index contributed by atoms with van der Waals surface area (Å²) in [6.45, 7) is 9.87. The van der Waals surface area contributed by atoms with Gasteiger partial charge in [0.25, 0.3) is 0 Å². The van der Waals surface area contributed by atoms with Crippen molar-refractivity contribution in [3.63, 3.8) is 0 Å². The number of carbonyl (C=O) groups excluding carboxylic acids is 1. The zero-order valence-electron chi connectivity index (χ0n) is 16.9. The molecule has 0 unspecified atom stereocenters. The summed E-state index contributed by atoms with van der Waals surface area (Å²) in [4.78, 5) is 13.6. The highest BCUT2D eigenvalue weighted by Crippen LogP contribution is 2.29. The third kappa shape index (κ3) is 7.75. The van der Waals surface area contributed by atoms with Crippen LogP contribution in [0.5, 0.6) is 11.5 Å². The number of quaternary nitrogens is 1. The Morgan fingerprint density at radius 2 is 1.57 bits per heavy atom. The first-order valence-corrected chi connectivity index (χ1v) is 9.65. The summed E-state index contributed by atoms with van der Waals surface area (Å²) in [6.07, 6.45) is 2.73. The fourth-order valence-electron chi connectivity index (χ4n) is 2.78. The second-order valence-electron chi connectivity index (χ2n) is 6.43. The van der Waals surface area contributed by atoms with Gasteiger partial charge in [-0.15, -0.1) is 0 Å². The van der Waals surface area contributed by atoms with Crippen LogP contribution in [0.4, 0.5) is 0 Å². The van der Waals surface area contributed by atoms with E-state index in [0.29, 0.717) is 23.9 Å². The molecule has 0 fully saturated rings. The quantitative estimate of drug-likeness (QED) is 0.335. The lowest BCUT2D eigenvalue weighted by atomic mass is 10.2. The number of hydrogen-bond donors (Lipinski definition) is 1. The Morgan fingerprint density at radius 1 is 0.964 bits per heavy atom. The molecule has 0 saturated carbocycles. The number of rotatable bonds is 11. The molecular formula is C23H30ClNO3. The minimum atomic E-state index is -0.126. The van der Waals surface area contributed by atoms with Crippen molar-refractivity contribution in [2.75, 3.05) is 26.2 Å². The Kier molecular flexibility index (Phi) is 11.0. The predicted octanol–water partition coefficient (Wildman–Crippen LogP) is 0.393. The van der Waals surface area contributed by atoms with Crippen molar-refractivity contribution in [3.05, 3.63) is 65.9 Å². The number of nitrogens with one attached hydrogen (secondary N) is 1. The van der Waals surface area contributed by atoms with Gasteiger partial charge in [0.05, 0.1) is 26.2 Å². The van der Waals surface area contributed by atoms with Crippen LogP contribution in [0, 0.1) is 0 Å². The van der Waals surface area contributed by atoms with Crippen LogP contribution in [0.25, 0.3) is 6.08 Å². The first-order chi connectivity index (χ1) is 13.1. The van der Waals surface area contributed by atoms with Crippen LogP contribution in [0.3, 0.4) is 0 Å². The highest BCUT2D eigenvalue weighted by molar-refractivity contribution is 5.96. The number of ether oxygens (including phenoxy) is 2. The molecule has 0 radical (unpaired) electrons. The lowest BCUT2D eigenvalue weighted by molar-refractivity contribution is -0.896. The normalized spacial score (nSPS) is 11.1. The molecule has 4 nitrogen and oxygen atoms in total. The van der Waals surface area contributed by atoms with E-state index < -0.39 is 0 Å². The van der Waals surface area contributed by atoms with Gasteiger partial charge in [-0.05, 0) is 37.6 Å². The SMILES string of the molecule is CC[NH+](CC)CCCOc1ccccc1O/C(=C\c1ccccc1)C(C)=O.[Cl-]. The number of para-hydroxylation sites is 2. The number of carbonyl (C=O) groups is 1. The Hall–Kier alpha value is -2.30. The second-order valence-corrected chi connectivity index (χ2v) is 6.43. The van der Waals surface area contributed by atoms with Gasteiger partial charge in [0.1, 0.15) is 0 Å². The van der Waals surface area contributed by atoms with Gasteiger partial charge in [-0.1, -0.05) is 42.5 Å². The monoisotopic (exact) mass is 403 g/mol. The Bertz CT molecular complexity index is 743. The molecule has 0 spiro atoms. The minimum Gasteiger partial charge on any atom is -1.00 e. The van der Waals surface area contributed by atoms with Crippen molar-refractivity contribution in [2.45, 2.75) is 27.2 Å². The molecule has 1 N–H and O–H groups in total. The lowest BCUT2D eigenvalue weighted by Gasteiger charge is -2.16. The van der Waals surface area contributed by atoms with Crippen LogP contribution < -0.4 is 26.8 Å². The molecular weight excluding hydrogens is 374 g/mol. The summed E-state index contributed by atoms with van der Waals surface area (Å²) < 4.78 is 11.8. The number of ketones is 1. The van der Waals surface area contributed by atoms with E-state index in [0.717, 1.165) is 31.6 Å². The van der Waals surface area contributed by atoms with E-state index in [1.54, 1.807) is 11.0 Å². The maximum absolute atomic E-state index is 12.0. The topological polar surface area (TPSA) is 40.0 Å². The van der Waals surface area contributed by atoms with Gasteiger partial charge in [0.2, 0.25) is 0 Å². The summed E-state index contributed by atoms with van der Waals surface area (Å²) in [7, 11) is 0. The molecule has 0 heterocycles. The van der Waals surface area contributed by atoms with Crippen molar-refractivity contribution in [1.82, 2.24) is 0 Å². The van der Waals surface area contributed by atoms with Crippen molar-refractivity contribution in [1.29, 1.82) is 0 Å². The van der Waals surface area contributed by atoms with E-state index in [4.69, 9.17) is 9.47 Å². The number of allylic oxidation sites excluding steroid dienone is 1. The molecule has 0 aliphatic rings. The molecule has 0 aliphatic carbocycles. The van der Waals surface area contributed by atoms with Gasteiger partial charge >= 0.3 is 0 Å². The maximum Gasteiger partial charge on any atom is 0.194 e. The lowest BCUT2D eigenvalue weighted by Crippen LogP contribution is -3.11. The van der Waals surface area contributed by atoms with Crippen LogP contribution in [-0.2, 0) is 4.79 Å². The van der Waals surface area contributed by atoms with Crippen LogP contribution in [-0.4, -0.2) is 32.0 Å². The smallest absolute Gasteiger partial charge is 0.194 e. The fourth-order valence-corrected chi connectivity index (χ4v) is 2.78. The average Bonchev–Trinajstić information content (AvgIpc) is 2.69. The standard InChI is InChI=1S/C23H29NO3.ClH/c1-4-24(5-2)16-11-17-26-21-14-9-10-15-22(21)27-23(19(3)25)18-20-12-7-6-8-13-20;/h6-10,12-15,18H,4-5,11,16-17H2,1-3H3;1H/b23-18-;. The zero-order chi connectivity index (χ0) is 19.5. The second kappa shape index (κ2) is 13.0. The van der Waals surface area contributed by atoms with Gasteiger partial charge in [-0.3, -0.25) is 4.79 Å². The van der Waals surface area contributed by atoms with E-state index in [1.165, 1.54) is 6.92 Å². The molecule has 0 atom stereocenters. The van der Waals surface area contributed by atoms with E-state index in [-0.39, 0.29) is 18.2 Å². The van der Waals surface area contributed by atoms with Crippen LogP contribution in [0.15, 0.2) is 60.4 Å². The van der Waals surface area contributed by atoms with E-state index in [1.807, 2.05) is 54.6 Å². The molecule has 0 aliphatic heterocycles. The van der Waals surface area contributed by atoms with E-state index in [9.17, 15) is 4.79 Å². The summed E-state index contributed by atoms with van der Waals surface area (Å²) in [5.74, 6) is 1.39. The maximum atomic E-state index is 12.0. The molecule has 152 valence electrons. The molecule has 0 saturated heterocycles. The third-order valence-corrected chi connectivity index (χ3v) is 4.45. The molecule has 5 heteroatoms. The summed E-state index contributed by atoms with van der Waals surface area (Å²) in [6, 6.07) is 17.2. The van der Waals surface area contributed by atoms with Gasteiger partial charge in [-0.25, -0.2) is 0 Å².